The van der Waals surface area contributed by atoms with Crippen LogP contribution < -0.4 is 5.32 Å². The Morgan fingerprint density at radius 3 is 2.71 bits per heavy atom. The monoisotopic (exact) mass is 238 g/mol. The molecule has 3 nitrogen and oxygen atoms in total. The van der Waals surface area contributed by atoms with Crippen LogP contribution in [0.5, 0.6) is 0 Å². The largest absolute Gasteiger partial charge is 0.446 e. The number of hydrogen-bond donors (Lipinski definition) is 1. The zero-order valence-corrected chi connectivity index (χ0v) is 11.8. The topological polar surface area (TPSA) is 38.1 Å². The van der Waals surface area contributed by atoms with Gasteiger partial charge < -0.3 is 9.73 Å². The van der Waals surface area contributed by atoms with E-state index in [0.29, 0.717) is 11.3 Å². The SMILES string of the molecule is CNCCc1ncc(CC(C)CC(C)(C)C)o1. The zero-order valence-electron chi connectivity index (χ0n) is 11.8. The Hall–Kier alpha value is -0.830. The standard InChI is InChI=1S/C14H26N2O/c1-11(9-14(2,3)4)8-12-10-16-13(17-12)6-7-15-5/h10-11,15H,6-9H2,1-5H3. The third-order valence-electron chi connectivity index (χ3n) is 2.70. The van der Waals surface area contributed by atoms with E-state index in [1.807, 2.05) is 13.2 Å². The summed E-state index contributed by atoms with van der Waals surface area (Å²) in [5.74, 6) is 2.50. The van der Waals surface area contributed by atoms with Crippen molar-refractivity contribution in [3.05, 3.63) is 17.8 Å². The molecule has 0 aliphatic heterocycles. The van der Waals surface area contributed by atoms with Gasteiger partial charge >= 0.3 is 0 Å². The first-order valence-corrected chi connectivity index (χ1v) is 6.49. The zero-order chi connectivity index (χ0) is 12.9. The summed E-state index contributed by atoms with van der Waals surface area (Å²) in [5.41, 5.74) is 0.383. The molecule has 0 radical (unpaired) electrons. The average molecular weight is 238 g/mol. The number of rotatable bonds is 6. The van der Waals surface area contributed by atoms with E-state index in [4.69, 9.17) is 4.42 Å². The van der Waals surface area contributed by atoms with Crippen molar-refractivity contribution in [2.75, 3.05) is 13.6 Å². The van der Waals surface area contributed by atoms with E-state index in [1.54, 1.807) is 0 Å². The molecule has 1 aromatic heterocycles. The lowest BCUT2D eigenvalue weighted by atomic mass is 9.84. The fraction of sp³-hybridized carbons (Fsp3) is 0.786. The van der Waals surface area contributed by atoms with Crippen molar-refractivity contribution >= 4 is 0 Å². The third-order valence-corrected chi connectivity index (χ3v) is 2.70. The number of aromatic nitrogens is 1. The van der Waals surface area contributed by atoms with Crippen LogP contribution in [0.2, 0.25) is 0 Å². The molecule has 1 aromatic rings. The predicted octanol–water partition coefficient (Wildman–Crippen LogP) is 3.05. The van der Waals surface area contributed by atoms with Gasteiger partial charge in [0.2, 0.25) is 0 Å². The van der Waals surface area contributed by atoms with Crippen LogP contribution in [0.1, 0.15) is 45.8 Å². The number of oxazole rings is 1. The summed E-state index contributed by atoms with van der Waals surface area (Å²) in [4.78, 5) is 4.30. The Morgan fingerprint density at radius 2 is 2.12 bits per heavy atom. The van der Waals surface area contributed by atoms with E-state index < -0.39 is 0 Å². The molecule has 0 fully saturated rings. The first-order valence-electron chi connectivity index (χ1n) is 6.49. The summed E-state index contributed by atoms with van der Waals surface area (Å²) >= 11 is 0. The maximum Gasteiger partial charge on any atom is 0.195 e. The van der Waals surface area contributed by atoms with Gasteiger partial charge in [-0.15, -0.1) is 0 Å². The molecule has 0 aliphatic carbocycles. The first kappa shape index (κ1) is 14.2. The van der Waals surface area contributed by atoms with Crippen molar-refractivity contribution in [2.45, 2.75) is 47.0 Å². The van der Waals surface area contributed by atoms with Crippen LogP contribution in [-0.4, -0.2) is 18.6 Å². The van der Waals surface area contributed by atoms with Gasteiger partial charge in [-0.25, -0.2) is 4.98 Å². The highest BCUT2D eigenvalue weighted by Crippen LogP contribution is 2.26. The molecule has 1 rings (SSSR count). The molecule has 0 aliphatic rings. The maximum absolute atomic E-state index is 5.72. The Bertz CT molecular complexity index is 325. The van der Waals surface area contributed by atoms with E-state index in [1.165, 1.54) is 6.42 Å². The first-order chi connectivity index (χ1) is 7.90. The number of nitrogens with one attached hydrogen (secondary N) is 1. The lowest BCUT2D eigenvalue weighted by Crippen LogP contribution is -2.12. The maximum atomic E-state index is 5.72. The van der Waals surface area contributed by atoms with Crippen molar-refractivity contribution in [2.24, 2.45) is 11.3 Å². The molecule has 0 aromatic carbocycles. The van der Waals surface area contributed by atoms with Crippen LogP contribution in [0.15, 0.2) is 10.6 Å². The molecule has 0 amide bonds. The molecule has 0 bridgehead atoms. The summed E-state index contributed by atoms with van der Waals surface area (Å²) in [6.07, 6.45) is 4.94. The van der Waals surface area contributed by atoms with Gasteiger partial charge in [0.15, 0.2) is 5.89 Å². The van der Waals surface area contributed by atoms with Crippen LogP contribution in [0.25, 0.3) is 0 Å². The van der Waals surface area contributed by atoms with Crippen molar-refractivity contribution in [1.82, 2.24) is 10.3 Å². The minimum absolute atomic E-state index is 0.383. The molecular formula is C14H26N2O. The van der Waals surface area contributed by atoms with Gasteiger partial charge in [0, 0.05) is 19.4 Å². The van der Waals surface area contributed by atoms with Gasteiger partial charge in [-0.3, -0.25) is 0 Å². The quantitative estimate of drug-likeness (QED) is 0.827. The lowest BCUT2D eigenvalue weighted by molar-refractivity contribution is 0.294. The Labute approximate surface area is 105 Å². The molecule has 1 N–H and O–H groups in total. The van der Waals surface area contributed by atoms with Crippen LogP contribution >= 0.6 is 0 Å². The van der Waals surface area contributed by atoms with Gasteiger partial charge in [0.05, 0.1) is 6.20 Å². The molecule has 3 heteroatoms. The lowest BCUT2D eigenvalue weighted by Gasteiger charge is -2.22. The second-order valence-corrected chi connectivity index (χ2v) is 6.15. The highest BCUT2D eigenvalue weighted by molar-refractivity contribution is 4.96. The summed E-state index contributed by atoms with van der Waals surface area (Å²) in [7, 11) is 1.94. The average Bonchev–Trinajstić information content (AvgIpc) is 2.59. The second kappa shape index (κ2) is 6.20. The predicted molar refractivity (Wildman–Crippen MR) is 71.1 cm³/mol. The number of likely N-dealkylation sites (N-methyl/N-ethyl adjacent to an activating group) is 1. The van der Waals surface area contributed by atoms with Crippen LogP contribution in [0, 0.1) is 11.3 Å². The smallest absolute Gasteiger partial charge is 0.195 e. The van der Waals surface area contributed by atoms with Gasteiger partial charge in [-0.05, 0) is 24.8 Å². The van der Waals surface area contributed by atoms with E-state index in [2.05, 4.69) is 38.0 Å². The fourth-order valence-electron chi connectivity index (χ4n) is 2.25. The van der Waals surface area contributed by atoms with E-state index >= 15 is 0 Å². The summed E-state index contributed by atoms with van der Waals surface area (Å²) < 4.78 is 5.72. The Kier molecular flexibility index (Phi) is 5.19. The molecule has 0 spiro atoms. The molecule has 98 valence electrons. The van der Waals surface area contributed by atoms with Crippen molar-refractivity contribution in [1.29, 1.82) is 0 Å². The van der Waals surface area contributed by atoms with Gasteiger partial charge in [0.1, 0.15) is 5.76 Å². The van der Waals surface area contributed by atoms with E-state index in [-0.39, 0.29) is 0 Å². The fourth-order valence-corrected chi connectivity index (χ4v) is 2.25. The van der Waals surface area contributed by atoms with Gasteiger partial charge in [-0.1, -0.05) is 27.7 Å². The second-order valence-electron chi connectivity index (χ2n) is 6.15. The molecular weight excluding hydrogens is 212 g/mol. The molecule has 1 atom stereocenters. The van der Waals surface area contributed by atoms with Gasteiger partial charge in [0.25, 0.3) is 0 Å². The minimum atomic E-state index is 0.383. The van der Waals surface area contributed by atoms with E-state index in [9.17, 15) is 0 Å². The molecule has 0 saturated heterocycles. The number of hydrogen-bond acceptors (Lipinski definition) is 3. The summed E-state index contributed by atoms with van der Waals surface area (Å²) in [6.45, 7) is 10.0. The van der Waals surface area contributed by atoms with Crippen LogP contribution in [0.3, 0.4) is 0 Å². The number of nitrogens with zero attached hydrogens (tertiary/aromatic N) is 1. The van der Waals surface area contributed by atoms with Crippen molar-refractivity contribution in [3.8, 4) is 0 Å². The molecule has 1 unspecified atom stereocenters. The molecule has 0 saturated carbocycles. The van der Waals surface area contributed by atoms with Crippen LogP contribution in [0.4, 0.5) is 0 Å². The van der Waals surface area contributed by atoms with Crippen LogP contribution in [-0.2, 0) is 12.8 Å². The van der Waals surface area contributed by atoms with Gasteiger partial charge in [-0.2, -0.15) is 0 Å². The van der Waals surface area contributed by atoms with Crippen molar-refractivity contribution in [3.63, 3.8) is 0 Å². The summed E-state index contributed by atoms with van der Waals surface area (Å²) in [5, 5.41) is 3.10. The Balaban J connectivity index is 2.43. The third kappa shape index (κ3) is 5.87. The Morgan fingerprint density at radius 1 is 1.41 bits per heavy atom. The highest BCUT2D eigenvalue weighted by atomic mass is 16.4. The highest BCUT2D eigenvalue weighted by Gasteiger charge is 2.17. The summed E-state index contributed by atoms with van der Waals surface area (Å²) in [6, 6.07) is 0. The van der Waals surface area contributed by atoms with E-state index in [0.717, 1.165) is 31.0 Å². The normalized spacial score (nSPS) is 13.9. The minimum Gasteiger partial charge on any atom is -0.446 e. The molecule has 1 heterocycles. The molecule has 17 heavy (non-hydrogen) atoms. The van der Waals surface area contributed by atoms with Crippen molar-refractivity contribution < 1.29 is 4.42 Å².